The Morgan fingerprint density at radius 2 is 1.50 bits per heavy atom. The number of hydrogen-bond donors (Lipinski definition) is 3. The number of benzene rings is 1. The molecule has 0 fully saturated rings. The van der Waals surface area contributed by atoms with E-state index < -0.39 is 24.7 Å². The van der Waals surface area contributed by atoms with Crippen molar-refractivity contribution in [2.45, 2.75) is 9.60 Å². The van der Waals surface area contributed by atoms with E-state index in [-0.39, 0.29) is 4.90 Å². The molecule has 1 atom stereocenters. The molecule has 9 heteroatoms. The summed E-state index contributed by atoms with van der Waals surface area (Å²) in [6.45, 7) is 0. The van der Waals surface area contributed by atoms with Gasteiger partial charge in [0.25, 0.3) is 10.1 Å². The average molecular weight is 266 g/mol. The molecule has 1 aromatic carbocycles. The Morgan fingerprint density at radius 1 is 1.06 bits per heavy atom. The highest BCUT2D eigenvalue weighted by atomic mass is 32.3. The molecule has 5 N–H and O–H groups in total. The van der Waals surface area contributed by atoms with E-state index in [0.717, 1.165) is 12.1 Å². The normalized spacial score (nSPS) is 14.6. The van der Waals surface area contributed by atoms with Crippen LogP contribution in [0.2, 0.25) is 0 Å². The van der Waals surface area contributed by atoms with Crippen molar-refractivity contribution in [3.8, 4) is 0 Å². The highest BCUT2D eigenvalue weighted by Gasteiger charge is 2.34. The minimum Gasteiger partial charge on any atom is -0.399 e. The maximum atomic E-state index is 11.6. The van der Waals surface area contributed by atoms with Crippen molar-refractivity contribution in [2.24, 2.45) is 5.73 Å². The van der Waals surface area contributed by atoms with Crippen LogP contribution in [0.3, 0.4) is 0 Å². The molecule has 0 heterocycles. The van der Waals surface area contributed by atoms with Gasteiger partial charge in [-0.25, -0.2) is 8.42 Å². The summed E-state index contributed by atoms with van der Waals surface area (Å²) in [5, 5.41) is 0. The minimum absolute atomic E-state index is 0.319. The van der Waals surface area contributed by atoms with Crippen LogP contribution < -0.4 is 11.5 Å². The summed E-state index contributed by atoms with van der Waals surface area (Å²) in [4.78, 5) is -0.327. The number of anilines is 1. The first kappa shape index (κ1) is 12.9. The fraction of sp³-hybridized carbons (Fsp3) is 0.143. The second-order valence-electron chi connectivity index (χ2n) is 3.00. The maximum Gasteiger partial charge on any atom is 0.296 e. The quantitative estimate of drug-likeness (QED) is 0.479. The molecule has 0 aliphatic rings. The topological polar surface area (TPSA) is 141 Å². The molecule has 0 radical (unpaired) electrons. The third-order valence-corrected chi connectivity index (χ3v) is 5.43. The van der Waals surface area contributed by atoms with Gasteiger partial charge in [-0.3, -0.25) is 4.55 Å². The molecule has 0 aromatic heterocycles. The Balaban J connectivity index is 3.28. The summed E-state index contributed by atoms with van der Waals surface area (Å²) in [7, 11) is -9.19. The molecule has 1 rings (SSSR count). The van der Waals surface area contributed by atoms with Crippen LogP contribution in [0, 0.1) is 0 Å². The highest BCUT2D eigenvalue weighted by molar-refractivity contribution is 8.06. The molecule has 16 heavy (non-hydrogen) atoms. The van der Waals surface area contributed by atoms with Gasteiger partial charge in [-0.15, -0.1) is 0 Å². The lowest BCUT2D eigenvalue weighted by atomic mass is 10.3. The van der Waals surface area contributed by atoms with Crippen molar-refractivity contribution in [1.82, 2.24) is 0 Å². The van der Waals surface area contributed by atoms with Gasteiger partial charge >= 0.3 is 0 Å². The Bertz CT molecular complexity index is 576. The number of sulfone groups is 1. The summed E-state index contributed by atoms with van der Waals surface area (Å²) in [5.41, 5.74) is 10.6. The van der Waals surface area contributed by atoms with Crippen LogP contribution in [0.15, 0.2) is 29.2 Å². The largest absolute Gasteiger partial charge is 0.399 e. The fourth-order valence-corrected chi connectivity index (χ4v) is 3.35. The van der Waals surface area contributed by atoms with E-state index in [1.807, 2.05) is 0 Å². The van der Waals surface area contributed by atoms with Gasteiger partial charge < -0.3 is 11.5 Å². The van der Waals surface area contributed by atoms with Crippen molar-refractivity contribution >= 4 is 25.6 Å². The van der Waals surface area contributed by atoms with Gasteiger partial charge in [0.05, 0.1) is 4.90 Å². The molecule has 90 valence electrons. The first-order chi connectivity index (χ1) is 7.15. The Morgan fingerprint density at radius 3 is 1.88 bits per heavy atom. The number of hydrogen-bond acceptors (Lipinski definition) is 6. The van der Waals surface area contributed by atoms with Gasteiger partial charge in [0.15, 0.2) is 0 Å². The van der Waals surface area contributed by atoms with E-state index in [1.165, 1.54) is 12.1 Å². The SMILES string of the molecule is Nc1ccc(S(=O)(=O)C(N)S(=O)(=O)O)cc1. The van der Waals surface area contributed by atoms with E-state index in [4.69, 9.17) is 16.0 Å². The molecule has 0 bridgehead atoms. The lowest BCUT2D eigenvalue weighted by Gasteiger charge is -2.09. The molecule has 0 amide bonds. The molecule has 7 nitrogen and oxygen atoms in total. The molecule has 0 saturated carbocycles. The third-order valence-electron chi connectivity index (χ3n) is 1.81. The number of rotatable bonds is 3. The van der Waals surface area contributed by atoms with E-state index in [0.29, 0.717) is 5.69 Å². The van der Waals surface area contributed by atoms with Crippen LogP contribution in [0.1, 0.15) is 0 Å². The Labute approximate surface area is 92.7 Å². The summed E-state index contributed by atoms with van der Waals surface area (Å²) < 4.78 is 50.6. The Hall–Kier alpha value is -1.16. The molecule has 1 aromatic rings. The zero-order chi connectivity index (χ0) is 12.6. The second kappa shape index (κ2) is 4.01. The average Bonchev–Trinajstić information content (AvgIpc) is 2.16. The van der Waals surface area contributed by atoms with Crippen LogP contribution in [0.4, 0.5) is 5.69 Å². The van der Waals surface area contributed by atoms with Gasteiger partial charge in [0.1, 0.15) is 0 Å². The first-order valence-corrected chi connectivity index (χ1v) is 7.02. The van der Waals surface area contributed by atoms with Crippen molar-refractivity contribution < 1.29 is 21.4 Å². The summed E-state index contributed by atoms with van der Waals surface area (Å²) >= 11 is 0. The second-order valence-corrected chi connectivity index (χ2v) is 6.90. The summed E-state index contributed by atoms with van der Waals surface area (Å²) in [5.74, 6) is 0. The zero-order valence-corrected chi connectivity index (χ0v) is 9.57. The fourth-order valence-electron chi connectivity index (χ4n) is 0.952. The summed E-state index contributed by atoms with van der Waals surface area (Å²) in [6, 6.07) is 4.78. The molecular weight excluding hydrogens is 256 g/mol. The van der Waals surface area contributed by atoms with Crippen LogP contribution >= 0.6 is 0 Å². The van der Waals surface area contributed by atoms with E-state index in [9.17, 15) is 16.8 Å². The Kier molecular flexibility index (Phi) is 3.24. The molecule has 0 saturated heterocycles. The lowest BCUT2D eigenvalue weighted by Crippen LogP contribution is -2.38. The maximum absolute atomic E-state index is 11.6. The van der Waals surface area contributed by atoms with Crippen LogP contribution in [0.5, 0.6) is 0 Å². The number of nitrogen functional groups attached to an aromatic ring is 1. The predicted octanol–water partition coefficient (Wildman–Crippen LogP) is -0.827. The number of nitrogens with two attached hydrogens (primary N) is 2. The molecular formula is C7H10N2O5S2. The zero-order valence-electron chi connectivity index (χ0n) is 7.94. The third kappa shape index (κ3) is 2.50. The van der Waals surface area contributed by atoms with Gasteiger partial charge in [-0.05, 0) is 24.3 Å². The highest BCUT2D eigenvalue weighted by Crippen LogP contribution is 2.17. The molecule has 0 aliphatic carbocycles. The smallest absolute Gasteiger partial charge is 0.296 e. The van der Waals surface area contributed by atoms with Gasteiger partial charge in [0.2, 0.25) is 14.5 Å². The van der Waals surface area contributed by atoms with E-state index >= 15 is 0 Å². The van der Waals surface area contributed by atoms with Crippen molar-refractivity contribution in [1.29, 1.82) is 0 Å². The first-order valence-electron chi connectivity index (χ1n) is 3.97. The van der Waals surface area contributed by atoms with Crippen LogP contribution in [-0.4, -0.2) is 26.1 Å². The van der Waals surface area contributed by atoms with E-state index in [2.05, 4.69) is 0 Å². The van der Waals surface area contributed by atoms with E-state index in [1.54, 1.807) is 0 Å². The van der Waals surface area contributed by atoms with Crippen LogP contribution in [-0.2, 0) is 20.0 Å². The van der Waals surface area contributed by atoms with Crippen molar-refractivity contribution in [3.63, 3.8) is 0 Å². The van der Waals surface area contributed by atoms with Gasteiger partial charge in [-0.1, -0.05) is 0 Å². The van der Waals surface area contributed by atoms with Crippen molar-refractivity contribution in [3.05, 3.63) is 24.3 Å². The standard InChI is InChI=1S/C7H10N2O5S2/c8-5-1-3-6(4-2-5)15(10,11)7(9)16(12,13)14/h1-4,7H,8-9H2,(H,12,13,14). The van der Waals surface area contributed by atoms with Crippen LogP contribution in [0.25, 0.3) is 0 Å². The van der Waals surface area contributed by atoms with Gasteiger partial charge in [0, 0.05) is 5.69 Å². The monoisotopic (exact) mass is 266 g/mol. The van der Waals surface area contributed by atoms with Crippen molar-refractivity contribution in [2.75, 3.05) is 5.73 Å². The molecule has 0 aliphatic heterocycles. The molecule has 0 spiro atoms. The lowest BCUT2D eigenvalue weighted by molar-refractivity contribution is 0.477. The van der Waals surface area contributed by atoms with Gasteiger partial charge in [-0.2, -0.15) is 8.42 Å². The molecule has 1 unspecified atom stereocenters. The minimum atomic E-state index is -4.86. The predicted molar refractivity (Wildman–Crippen MR) is 57.6 cm³/mol. The summed E-state index contributed by atoms with van der Waals surface area (Å²) in [6.07, 6.45) is 0.